The van der Waals surface area contributed by atoms with Gasteiger partial charge in [0.1, 0.15) is 5.57 Å². The van der Waals surface area contributed by atoms with Gasteiger partial charge in [0, 0.05) is 12.2 Å². The Bertz CT molecular complexity index is 577. The number of ether oxygens (including phenoxy) is 2. The molecular formula is C16H19NO5. The van der Waals surface area contributed by atoms with Crippen LogP contribution in [0.25, 0.3) is 0 Å². The highest BCUT2D eigenvalue weighted by Crippen LogP contribution is 2.12. The molecule has 0 aliphatic rings. The highest BCUT2D eigenvalue weighted by molar-refractivity contribution is 6.17. The number of carbonyl (C=O) groups excluding carboxylic acids is 3. The molecule has 6 heteroatoms. The number of nitrogens with one attached hydrogen (secondary N) is 1. The van der Waals surface area contributed by atoms with Crippen molar-refractivity contribution in [2.75, 3.05) is 14.2 Å². The molecule has 0 amide bonds. The van der Waals surface area contributed by atoms with Crippen molar-refractivity contribution in [2.24, 2.45) is 0 Å². The third-order valence-electron chi connectivity index (χ3n) is 2.94. The van der Waals surface area contributed by atoms with Crippen molar-refractivity contribution in [2.45, 2.75) is 19.9 Å². The molecule has 0 aromatic heterocycles. The first kappa shape index (κ1) is 17.4. The van der Waals surface area contributed by atoms with Gasteiger partial charge in [0.15, 0.2) is 5.78 Å². The van der Waals surface area contributed by atoms with Crippen LogP contribution in [0, 0.1) is 0 Å². The molecule has 0 heterocycles. The predicted molar refractivity (Wildman–Crippen MR) is 79.6 cm³/mol. The first-order chi connectivity index (χ1) is 10.5. The smallest absolute Gasteiger partial charge is 0.343 e. The van der Waals surface area contributed by atoms with Gasteiger partial charge in [-0.05, 0) is 12.5 Å². The number of hydrogen-bond acceptors (Lipinski definition) is 6. The van der Waals surface area contributed by atoms with Gasteiger partial charge in [-0.2, -0.15) is 0 Å². The Morgan fingerprint density at radius 3 is 2.18 bits per heavy atom. The highest BCUT2D eigenvalue weighted by Gasteiger charge is 2.22. The van der Waals surface area contributed by atoms with E-state index in [1.807, 2.05) is 30.3 Å². The van der Waals surface area contributed by atoms with Crippen LogP contribution in [0.1, 0.15) is 18.9 Å². The number of hydrogen-bond donors (Lipinski definition) is 1. The SMILES string of the molecule is COC(=O)C/C(NCc1ccccc1)=C(\C(C)=O)C(=O)OC. The van der Waals surface area contributed by atoms with Crippen LogP contribution in [-0.2, 0) is 30.4 Å². The van der Waals surface area contributed by atoms with Gasteiger partial charge >= 0.3 is 11.9 Å². The summed E-state index contributed by atoms with van der Waals surface area (Å²) < 4.78 is 9.21. The van der Waals surface area contributed by atoms with Gasteiger partial charge in [0.2, 0.25) is 0 Å². The molecule has 0 bridgehead atoms. The molecule has 22 heavy (non-hydrogen) atoms. The van der Waals surface area contributed by atoms with E-state index >= 15 is 0 Å². The maximum absolute atomic E-state index is 11.8. The summed E-state index contributed by atoms with van der Waals surface area (Å²) in [6.45, 7) is 1.61. The second-order valence-corrected chi connectivity index (χ2v) is 4.49. The number of ketones is 1. The normalized spacial score (nSPS) is 11.2. The molecule has 1 aromatic carbocycles. The molecule has 0 saturated heterocycles. The number of carbonyl (C=O) groups is 3. The summed E-state index contributed by atoms with van der Waals surface area (Å²) in [4.78, 5) is 35.0. The number of esters is 2. The van der Waals surface area contributed by atoms with Crippen molar-refractivity contribution < 1.29 is 23.9 Å². The van der Waals surface area contributed by atoms with E-state index < -0.39 is 17.7 Å². The van der Waals surface area contributed by atoms with Crippen LogP contribution in [0.3, 0.4) is 0 Å². The standard InChI is InChI=1S/C16H19NO5/c1-11(18)15(16(20)22-3)13(9-14(19)21-2)17-10-12-7-5-4-6-8-12/h4-8,17H,9-10H2,1-3H3/b15-13-. The molecule has 0 aliphatic carbocycles. The second-order valence-electron chi connectivity index (χ2n) is 4.49. The minimum Gasteiger partial charge on any atom is -0.469 e. The lowest BCUT2D eigenvalue weighted by Crippen LogP contribution is -2.25. The van der Waals surface area contributed by atoms with E-state index in [-0.39, 0.29) is 17.7 Å². The van der Waals surface area contributed by atoms with Crippen LogP contribution in [-0.4, -0.2) is 31.9 Å². The van der Waals surface area contributed by atoms with Crippen LogP contribution in [0.4, 0.5) is 0 Å². The summed E-state index contributed by atoms with van der Waals surface area (Å²) >= 11 is 0. The van der Waals surface area contributed by atoms with Crippen molar-refractivity contribution >= 4 is 17.7 Å². The average molecular weight is 305 g/mol. The Hall–Kier alpha value is -2.63. The molecule has 0 atom stereocenters. The third-order valence-corrected chi connectivity index (χ3v) is 2.94. The summed E-state index contributed by atoms with van der Waals surface area (Å²) in [6, 6.07) is 9.38. The van der Waals surface area contributed by atoms with E-state index in [2.05, 4.69) is 14.8 Å². The van der Waals surface area contributed by atoms with Crippen LogP contribution >= 0.6 is 0 Å². The molecule has 1 N–H and O–H groups in total. The molecule has 0 fully saturated rings. The molecule has 0 unspecified atom stereocenters. The zero-order valence-electron chi connectivity index (χ0n) is 12.8. The largest absolute Gasteiger partial charge is 0.469 e. The number of methoxy groups -OCH3 is 2. The number of benzene rings is 1. The summed E-state index contributed by atoms with van der Waals surface area (Å²) in [7, 11) is 2.42. The van der Waals surface area contributed by atoms with Gasteiger partial charge in [-0.1, -0.05) is 30.3 Å². The maximum atomic E-state index is 11.8. The second kappa shape index (κ2) is 8.61. The van der Waals surface area contributed by atoms with Gasteiger partial charge in [-0.25, -0.2) is 4.79 Å². The lowest BCUT2D eigenvalue weighted by atomic mass is 10.1. The van der Waals surface area contributed by atoms with Crippen molar-refractivity contribution in [1.82, 2.24) is 5.32 Å². The summed E-state index contributed by atoms with van der Waals surface area (Å²) in [6.07, 6.45) is -0.215. The Morgan fingerprint density at radius 2 is 1.68 bits per heavy atom. The Kier molecular flexibility index (Phi) is 6.82. The molecular weight excluding hydrogens is 286 g/mol. The summed E-state index contributed by atoms with van der Waals surface area (Å²) in [5.74, 6) is -1.82. The number of Topliss-reactive ketones (excluding diaryl/α,β-unsaturated/α-hetero) is 1. The van der Waals surface area contributed by atoms with Crippen LogP contribution < -0.4 is 5.32 Å². The lowest BCUT2D eigenvalue weighted by molar-refractivity contribution is -0.139. The fraction of sp³-hybridized carbons (Fsp3) is 0.312. The lowest BCUT2D eigenvalue weighted by Gasteiger charge is -2.14. The molecule has 0 radical (unpaired) electrons. The van der Waals surface area contributed by atoms with Gasteiger partial charge in [0.05, 0.1) is 20.6 Å². The maximum Gasteiger partial charge on any atom is 0.343 e. The third kappa shape index (κ3) is 5.05. The first-order valence-corrected chi connectivity index (χ1v) is 6.66. The highest BCUT2D eigenvalue weighted by atomic mass is 16.5. The van der Waals surface area contributed by atoms with E-state index in [0.717, 1.165) is 5.56 Å². The fourth-order valence-electron chi connectivity index (χ4n) is 1.84. The van der Waals surface area contributed by atoms with Gasteiger partial charge in [-0.15, -0.1) is 0 Å². The average Bonchev–Trinajstić information content (AvgIpc) is 2.52. The number of rotatable bonds is 7. The molecule has 6 nitrogen and oxygen atoms in total. The van der Waals surface area contributed by atoms with Crippen molar-refractivity contribution in [3.63, 3.8) is 0 Å². The monoisotopic (exact) mass is 305 g/mol. The quantitative estimate of drug-likeness (QED) is 0.354. The van der Waals surface area contributed by atoms with Crippen LogP contribution in [0.5, 0.6) is 0 Å². The molecule has 0 saturated carbocycles. The summed E-state index contributed by atoms with van der Waals surface area (Å²) in [5, 5.41) is 2.96. The Morgan fingerprint density at radius 1 is 1.05 bits per heavy atom. The van der Waals surface area contributed by atoms with Crippen molar-refractivity contribution in [3.8, 4) is 0 Å². The zero-order chi connectivity index (χ0) is 16.5. The fourth-order valence-corrected chi connectivity index (χ4v) is 1.84. The Labute approximate surface area is 129 Å². The molecule has 0 spiro atoms. The minimum absolute atomic E-state index is 0.177. The van der Waals surface area contributed by atoms with Crippen molar-refractivity contribution in [1.29, 1.82) is 0 Å². The van der Waals surface area contributed by atoms with Crippen LogP contribution in [0.2, 0.25) is 0 Å². The van der Waals surface area contributed by atoms with Crippen LogP contribution in [0.15, 0.2) is 41.6 Å². The summed E-state index contributed by atoms with van der Waals surface area (Å²) in [5.41, 5.74) is 0.955. The minimum atomic E-state index is -0.785. The van der Waals surface area contributed by atoms with E-state index in [9.17, 15) is 14.4 Å². The first-order valence-electron chi connectivity index (χ1n) is 6.66. The van der Waals surface area contributed by atoms with Gasteiger partial charge in [0.25, 0.3) is 0 Å². The predicted octanol–water partition coefficient (Wildman–Crippen LogP) is 1.36. The Balaban J connectivity index is 3.07. The topological polar surface area (TPSA) is 81.7 Å². The molecule has 0 aliphatic heterocycles. The molecule has 118 valence electrons. The van der Waals surface area contributed by atoms with E-state index in [1.54, 1.807) is 0 Å². The molecule has 1 aromatic rings. The molecule has 1 rings (SSSR count). The van der Waals surface area contributed by atoms with Gasteiger partial charge < -0.3 is 14.8 Å². The van der Waals surface area contributed by atoms with E-state index in [0.29, 0.717) is 6.54 Å². The van der Waals surface area contributed by atoms with E-state index in [1.165, 1.54) is 21.1 Å². The van der Waals surface area contributed by atoms with Gasteiger partial charge in [-0.3, -0.25) is 9.59 Å². The zero-order valence-corrected chi connectivity index (χ0v) is 12.8. The van der Waals surface area contributed by atoms with Crippen molar-refractivity contribution in [3.05, 3.63) is 47.2 Å². The van der Waals surface area contributed by atoms with E-state index in [4.69, 9.17) is 0 Å².